The van der Waals surface area contributed by atoms with Gasteiger partial charge in [0.05, 0.1) is 19.8 Å². The Balaban J connectivity index is 1.62. The zero-order chi connectivity index (χ0) is 20.6. The minimum absolute atomic E-state index is 0.360. The topological polar surface area (TPSA) is 208 Å². The molecule has 3 heterocycles. The molecule has 0 aromatic carbocycles. The average molecular weight is 414 g/mol. The Morgan fingerprint density at radius 3 is 1.71 bits per heavy atom. The van der Waals surface area contributed by atoms with Gasteiger partial charge >= 0.3 is 0 Å². The van der Waals surface area contributed by atoms with Gasteiger partial charge in [-0.2, -0.15) is 0 Å². The molecule has 3 aliphatic rings. The van der Waals surface area contributed by atoms with E-state index in [9.17, 15) is 35.7 Å². The van der Waals surface area contributed by atoms with E-state index in [2.05, 4.69) is 0 Å². The normalized spacial score (nSPS) is 51.9. The van der Waals surface area contributed by atoms with E-state index in [4.69, 9.17) is 28.8 Å². The monoisotopic (exact) mass is 414 g/mol. The highest BCUT2D eigenvalue weighted by molar-refractivity contribution is 4.92. The summed E-state index contributed by atoms with van der Waals surface area (Å²) in [5.41, 5.74) is 0. The number of aliphatic hydroxyl groups excluding tert-OH is 8. The van der Waals surface area contributed by atoms with E-state index in [1.54, 1.807) is 0 Å². The van der Waals surface area contributed by atoms with Crippen LogP contribution in [0.3, 0.4) is 0 Å². The summed E-state index contributed by atoms with van der Waals surface area (Å²) < 4.78 is 26.4. The first-order chi connectivity index (χ1) is 13.3. The van der Waals surface area contributed by atoms with Crippen molar-refractivity contribution in [3.05, 3.63) is 0 Å². The molecule has 3 rings (SSSR count). The fourth-order valence-corrected chi connectivity index (χ4v) is 3.32. The number of aliphatic hydroxyl groups is 8. The van der Waals surface area contributed by atoms with E-state index in [0.717, 1.165) is 0 Å². The minimum atomic E-state index is -1.59. The summed E-state index contributed by atoms with van der Waals surface area (Å²) in [4.78, 5) is 0. The molecule has 13 heteroatoms. The standard InChI is InChI=1S/C15H26O13/c16-1-4-7(18)11(22)14(26-4)28-12-9(20)5(2-17)27-15(12)24-3-6-8(19)10(21)13(23)25-6/h4-23H,1-3H2/t4-,5-,6-,7-,8-,9-,10+,11+,12+,13?,14+,15+/m1/s1. The highest BCUT2D eigenvalue weighted by atomic mass is 16.8. The number of hydrogen-bond acceptors (Lipinski definition) is 13. The molecule has 1 unspecified atom stereocenters. The van der Waals surface area contributed by atoms with E-state index in [-0.39, 0.29) is 6.61 Å². The molecule has 0 saturated carbocycles. The summed E-state index contributed by atoms with van der Waals surface area (Å²) in [5, 5.41) is 77.2. The third-order valence-electron chi connectivity index (χ3n) is 5.03. The van der Waals surface area contributed by atoms with E-state index in [1.165, 1.54) is 0 Å². The maximum Gasteiger partial charge on any atom is 0.187 e. The molecule has 164 valence electrons. The second-order valence-corrected chi connectivity index (χ2v) is 6.90. The van der Waals surface area contributed by atoms with Crippen LogP contribution in [0.2, 0.25) is 0 Å². The maximum absolute atomic E-state index is 10.3. The largest absolute Gasteiger partial charge is 0.394 e. The smallest absolute Gasteiger partial charge is 0.187 e. The van der Waals surface area contributed by atoms with Crippen LogP contribution in [0.1, 0.15) is 0 Å². The number of ether oxygens (including phenoxy) is 5. The van der Waals surface area contributed by atoms with E-state index >= 15 is 0 Å². The van der Waals surface area contributed by atoms with Crippen LogP contribution >= 0.6 is 0 Å². The maximum atomic E-state index is 10.3. The predicted octanol–water partition coefficient (Wildman–Crippen LogP) is -5.66. The van der Waals surface area contributed by atoms with Crippen molar-refractivity contribution >= 4 is 0 Å². The van der Waals surface area contributed by atoms with Crippen molar-refractivity contribution in [3.63, 3.8) is 0 Å². The van der Waals surface area contributed by atoms with Gasteiger partial charge in [-0.05, 0) is 0 Å². The van der Waals surface area contributed by atoms with Gasteiger partial charge < -0.3 is 64.5 Å². The fraction of sp³-hybridized carbons (Fsp3) is 1.00. The van der Waals surface area contributed by atoms with Crippen molar-refractivity contribution in [2.24, 2.45) is 0 Å². The van der Waals surface area contributed by atoms with Crippen LogP contribution in [0, 0.1) is 0 Å². The molecule has 0 bridgehead atoms. The molecule has 0 aromatic rings. The molecule has 13 nitrogen and oxygen atoms in total. The van der Waals surface area contributed by atoms with Crippen molar-refractivity contribution in [2.45, 2.75) is 73.8 Å². The Labute approximate surface area is 159 Å². The molecule has 3 fully saturated rings. The molecule has 0 spiro atoms. The van der Waals surface area contributed by atoms with Crippen LogP contribution in [-0.4, -0.2) is 134 Å². The van der Waals surface area contributed by atoms with E-state index in [0.29, 0.717) is 0 Å². The third-order valence-corrected chi connectivity index (χ3v) is 5.03. The predicted molar refractivity (Wildman–Crippen MR) is 83.2 cm³/mol. The van der Waals surface area contributed by atoms with Crippen molar-refractivity contribution < 1.29 is 64.5 Å². The lowest BCUT2D eigenvalue weighted by atomic mass is 10.1. The molecule has 3 saturated heterocycles. The lowest BCUT2D eigenvalue weighted by molar-refractivity contribution is -0.253. The molecule has 28 heavy (non-hydrogen) atoms. The fourth-order valence-electron chi connectivity index (χ4n) is 3.32. The molecular formula is C15H26O13. The highest BCUT2D eigenvalue weighted by Crippen LogP contribution is 2.31. The third kappa shape index (κ3) is 4.17. The van der Waals surface area contributed by atoms with Gasteiger partial charge in [0.1, 0.15) is 54.9 Å². The molecule has 3 aliphatic heterocycles. The quantitative estimate of drug-likeness (QED) is 0.196. The minimum Gasteiger partial charge on any atom is -0.394 e. The molecule has 0 amide bonds. The van der Waals surface area contributed by atoms with Gasteiger partial charge in [0.25, 0.3) is 0 Å². The Hall–Kier alpha value is -0.520. The van der Waals surface area contributed by atoms with Crippen LogP contribution in [-0.2, 0) is 23.7 Å². The van der Waals surface area contributed by atoms with Crippen molar-refractivity contribution in [1.82, 2.24) is 0 Å². The van der Waals surface area contributed by atoms with Gasteiger partial charge in [-0.1, -0.05) is 0 Å². The SMILES string of the molecule is OC[C@H]1O[C@@H](O[C@@H]2[C@@H](OC[C@H]3OC(O)[C@@H](O)[C@@H]3O)O[C@H](CO)[C@H]2O)[C@@H](O)[C@@H]1O. The molecular weight excluding hydrogens is 388 g/mol. The van der Waals surface area contributed by atoms with Crippen molar-refractivity contribution in [1.29, 1.82) is 0 Å². The van der Waals surface area contributed by atoms with Gasteiger partial charge in [-0.15, -0.1) is 0 Å². The average Bonchev–Trinajstić information content (AvgIpc) is 3.23. The summed E-state index contributed by atoms with van der Waals surface area (Å²) in [6.45, 7) is -1.50. The summed E-state index contributed by atoms with van der Waals surface area (Å²) in [6, 6.07) is 0. The lowest BCUT2D eigenvalue weighted by Gasteiger charge is -2.26. The Morgan fingerprint density at radius 1 is 0.607 bits per heavy atom. The lowest BCUT2D eigenvalue weighted by Crippen LogP contribution is -2.44. The van der Waals surface area contributed by atoms with Gasteiger partial charge in [-0.25, -0.2) is 0 Å². The van der Waals surface area contributed by atoms with Crippen molar-refractivity contribution in [2.75, 3.05) is 19.8 Å². The molecule has 0 aliphatic carbocycles. The van der Waals surface area contributed by atoms with Crippen LogP contribution in [0.5, 0.6) is 0 Å². The first-order valence-electron chi connectivity index (χ1n) is 8.82. The van der Waals surface area contributed by atoms with Crippen molar-refractivity contribution in [3.8, 4) is 0 Å². The molecule has 8 N–H and O–H groups in total. The summed E-state index contributed by atoms with van der Waals surface area (Å²) in [5.74, 6) is 0. The van der Waals surface area contributed by atoms with Gasteiger partial charge in [-0.3, -0.25) is 0 Å². The van der Waals surface area contributed by atoms with Gasteiger partial charge in [0.15, 0.2) is 18.9 Å². The van der Waals surface area contributed by atoms with Gasteiger partial charge in [0, 0.05) is 0 Å². The first-order valence-corrected chi connectivity index (χ1v) is 8.82. The zero-order valence-corrected chi connectivity index (χ0v) is 14.7. The highest BCUT2D eigenvalue weighted by Gasteiger charge is 2.51. The summed E-state index contributed by atoms with van der Waals surface area (Å²) in [6.07, 6.45) is -16.1. The van der Waals surface area contributed by atoms with Crippen LogP contribution in [0.4, 0.5) is 0 Å². The molecule has 0 aromatic heterocycles. The molecule has 12 atom stereocenters. The Kier molecular flexibility index (Phi) is 7.20. The van der Waals surface area contributed by atoms with Crippen LogP contribution in [0.15, 0.2) is 0 Å². The van der Waals surface area contributed by atoms with Crippen LogP contribution < -0.4 is 0 Å². The Morgan fingerprint density at radius 2 is 1.18 bits per heavy atom. The zero-order valence-electron chi connectivity index (χ0n) is 14.7. The second kappa shape index (κ2) is 9.09. The number of rotatable bonds is 7. The second-order valence-electron chi connectivity index (χ2n) is 6.90. The van der Waals surface area contributed by atoms with E-state index in [1.807, 2.05) is 0 Å². The number of hydrogen-bond donors (Lipinski definition) is 8. The Bertz CT molecular complexity index is 508. The van der Waals surface area contributed by atoms with Gasteiger partial charge in [0.2, 0.25) is 0 Å². The van der Waals surface area contributed by atoms with E-state index < -0.39 is 87.0 Å². The van der Waals surface area contributed by atoms with Crippen LogP contribution in [0.25, 0.3) is 0 Å². The first kappa shape index (κ1) is 22.2. The molecule has 0 radical (unpaired) electrons. The summed E-state index contributed by atoms with van der Waals surface area (Å²) >= 11 is 0. The summed E-state index contributed by atoms with van der Waals surface area (Å²) in [7, 11) is 0.